The van der Waals surface area contributed by atoms with Crippen LogP contribution in [-0.4, -0.2) is 24.7 Å². The lowest BCUT2D eigenvalue weighted by Gasteiger charge is -2.07. The lowest BCUT2D eigenvalue weighted by atomic mass is 10.2. The van der Waals surface area contributed by atoms with E-state index < -0.39 is 10.0 Å². The zero-order chi connectivity index (χ0) is 13.7. The van der Waals surface area contributed by atoms with Gasteiger partial charge in [-0.15, -0.1) is 0 Å². The van der Waals surface area contributed by atoms with Gasteiger partial charge in [-0.25, -0.2) is 13.1 Å². The number of nitrogens with one attached hydrogen (secondary N) is 1. The topological polar surface area (TPSA) is 87.8 Å². The van der Waals surface area contributed by atoms with Crippen LogP contribution >= 0.6 is 0 Å². The molecule has 98 valence electrons. The van der Waals surface area contributed by atoms with Crippen LogP contribution in [-0.2, 0) is 16.6 Å². The maximum Gasteiger partial charge on any atom is 0.240 e. The zero-order valence-corrected chi connectivity index (χ0v) is 10.8. The third kappa shape index (κ3) is 3.40. The fraction of sp³-hybridized carbons (Fsp3) is 0.167. The van der Waals surface area contributed by atoms with Gasteiger partial charge in [0.15, 0.2) is 0 Å². The largest absolute Gasteiger partial charge is 0.271 e. The molecule has 0 atom stereocenters. The molecule has 1 aromatic heterocycles. The molecule has 0 bridgehead atoms. The zero-order valence-electron chi connectivity index (χ0n) is 10.0. The summed E-state index contributed by atoms with van der Waals surface area (Å²) in [5.41, 5.74) is 0.315. The van der Waals surface area contributed by atoms with Gasteiger partial charge in [-0.2, -0.15) is 10.4 Å². The molecule has 0 fully saturated rings. The van der Waals surface area contributed by atoms with E-state index in [1.54, 1.807) is 35.3 Å². The summed E-state index contributed by atoms with van der Waals surface area (Å²) in [6.45, 7) is 0.685. The molecule has 0 aliphatic carbocycles. The van der Waals surface area contributed by atoms with Crippen molar-refractivity contribution in [1.29, 1.82) is 5.26 Å². The van der Waals surface area contributed by atoms with Crippen LogP contribution in [0.5, 0.6) is 0 Å². The Morgan fingerprint density at radius 2 is 2.21 bits per heavy atom. The fourth-order valence-electron chi connectivity index (χ4n) is 1.54. The highest BCUT2D eigenvalue weighted by atomic mass is 32.2. The van der Waals surface area contributed by atoms with Crippen molar-refractivity contribution in [2.75, 3.05) is 6.54 Å². The Kier molecular flexibility index (Phi) is 3.94. The lowest BCUT2D eigenvalue weighted by Crippen LogP contribution is -2.27. The molecule has 1 heterocycles. The van der Waals surface area contributed by atoms with E-state index in [0.29, 0.717) is 12.1 Å². The molecule has 2 aromatic rings. The Balaban J connectivity index is 2.03. The van der Waals surface area contributed by atoms with Gasteiger partial charge < -0.3 is 0 Å². The Hall–Kier alpha value is -2.17. The summed E-state index contributed by atoms with van der Waals surface area (Å²) in [5.74, 6) is 0. The number of benzene rings is 1. The number of rotatable bonds is 5. The van der Waals surface area contributed by atoms with Gasteiger partial charge >= 0.3 is 0 Å². The summed E-state index contributed by atoms with van der Waals surface area (Å²) >= 11 is 0. The summed E-state index contributed by atoms with van der Waals surface area (Å²) in [7, 11) is -3.59. The average molecular weight is 276 g/mol. The van der Waals surface area contributed by atoms with E-state index in [4.69, 9.17) is 5.26 Å². The molecule has 19 heavy (non-hydrogen) atoms. The van der Waals surface area contributed by atoms with Crippen molar-refractivity contribution < 1.29 is 8.42 Å². The highest BCUT2D eigenvalue weighted by Crippen LogP contribution is 2.10. The van der Waals surface area contributed by atoms with Gasteiger partial charge in [-0.1, -0.05) is 6.07 Å². The highest BCUT2D eigenvalue weighted by Gasteiger charge is 2.13. The van der Waals surface area contributed by atoms with Crippen molar-refractivity contribution in [2.45, 2.75) is 11.4 Å². The Labute approximate surface area is 111 Å². The first-order chi connectivity index (χ1) is 9.12. The van der Waals surface area contributed by atoms with Crippen LogP contribution < -0.4 is 4.72 Å². The van der Waals surface area contributed by atoms with Crippen molar-refractivity contribution >= 4 is 10.0 Å². The fourth-order valence-corrected chi connectivity index (χ4v) is 2.61. The van der Waals surface area contributed by atoms with Gasteiger partial charge in [-0.05, 0) is 24.3 Å². The minimum atomic E-state index is -3.59. The maximum absolute atomic E-state index is 12.0. The predicted octanol–water partition coefficient (Wildman–Crippen LogP) is 0.733. The summed E-state index contributed by atoms with van der Waals surface area (Å²) in [5, 5.41) is 12.7. The Morgan fingerprint density at radius 3 is 2.89 bits per heavy atom. The van der Waals surface area contributed by atoms with Crippen LogP contribution in [0.1, 0.15) is 5.56 Å². The molecule has 6 nitrogen and oxygen atoms in total. The number of sulfonamides is 1. The third-order valence-electron chi connectivity index (χ3n) is 2.47. The third-order valence-corrected chi connectivity index (χ3v) is 3.92. The molecule has 0 aliphatic rings. The van der Waals surface area contributed by atoms with Crippen molar-refractivity contribution in [1.82, 2.24) is 14.5 Å². The molecule has 0 radical (unpaired) electrons. The first kappa shape index (κ1) is 13.3. The molecule has 0 spiro atoms. The Morgan fingerprint density at radius 1 is 1.37 bits per heavy atom. The van der Waals surface area contributed by atoms with E-state index in [2.05, 4.69) is 9.82 Å². The lowest BCUT2D eigenvalue weighted by molar-refractivity contribution is 0.561. The van der Waals surface area contributed by atoms with Crippen LogP contribution in [0, 0.1) is 11.3 Å². The number of hydrogen-bond acceptors (Lipinski definition) is 4. The van der Waals surface area contributed by atoms with Gasteiger partial charge in [-0.3, -0.25) is 4.68 Å². The minimum absolute atomic E-state index is 0.0898. The molecule has 2 rings (SSSR count). The standard InChI is InChI=1S/C12H12N4O2S/c13-10-11-3-1-4-12(9-11)19(17,18)15-6-8-16-7-2-5-14-16/h1-5,7,9,15H,6,8H2. The van der Waals surface area contributed by atoms with E-state index in [0.717, 1.165) is 0 Å². The van der Waals surface area contributed by atoms with Gasteiger partial charge in [0.2, 0.25) is 10.0 Å². The number of aromatic nitrogens is 2. The second kappa shape index (κ2) is 5.65. The number of nitrogens with zero attached hydrogens (tertiary/aromatic N) is 3. The van der Waals surface area contributed by atoms with Gasteiger partial charge in [0.1, 0.15) is 0 Å². The molecule has 7 heteroatoms. The molecule has 1 N–H and O–H groups in total. The van der Waals surface area contributed by atoms with Gasteiger partial charge in [0.05, 0.1) is 23.1 Å². The summed E-state index contributed by atoms with van der Waals surface area (Å²) in [6.07, 6.45) is 3.38. The molecule has 1 aromatic carbocycles. The second-order valence-electron chi connectivity index (χ2n) is 3.81. The summed E-state index contributed by atoms with van der Waals surface area (Å²) in [4.78, 5) is 0.0898. The minimum Gasteiger partial charge on any atom is -0.271 e. The van der Waals surface area contributed by atoms with Gasteiger partial charge in [0.25, 0.3) is 0 Å². The van der Waals surface area contributed by atoms with E-state index in [9.17, 15) is 8.42 Å². The van der Waals surface area contributed by atoms with Crippen LogP contribution in [0.2, 0.25) is 0 Å². The quantitative estimate of drug-likeness (QED) is 0.872. The van der Waals surface area contributed by atoms with E-state index in [1.165, 1.54) is 12.1 Å². The first-order valence-electron chi connectivity index (χ1n) is 5.59. The smallest absolute Gasteiger partial charge is 0.240 e. The van der Waals surface area contributed by atoms with Crippen molar-refractivity contribution in [3.8, 4) is 6.07 Å². The molecule has 0 unspecified atom stereocenters. The maximum atomic E-state index is 12.0. The monoisotopic (exact) mass is 276 g/mol. The second-order valence-corrected chi connectivity index (χ2v) is 5.57. The van der Waals surface area contributed by atoms with Crippen LogP contribution in [0.4, 0.5) is 0 Å². The van der Waals surface area contributed by atoms with E-state index in [1.807, 2.05) is 6.07 Å². The summed E-state index contributed by atoms with van der Waals surface area (Å²) in [6, 6.07) is 9.58. The first-order valence-corrected chi connectivity index (χ1v) is 7.07. The summed E-state index contributed by atoms with van der Waals surface area (Å²) < 4.78 is 28.1. The average Bonchev–Trinajstić information content (AvgIpc) is 2.92. The van der Waals surface area contributed by atoms with Crippen molar-refractivity contribution in [2.24, 2.45) is 0 Å². The molecular weight excluding hydrogens is 264 g/mol. The highest BCUT2D eigenvalue weighted by molar-refractivity contribution is 7.89. The molecule has 0 aliphatic heterocycles. The molecule has 0 amide bonds. The van der Waals surface area contributed by atoms with E-state index >= 15 is 0 Å². The Bertz CT molecular complexity index is 687. The molecule has 0 saturated carbocycles. The SMILES string of the molecule is N#Cc1cccc(S(=O)(=O)NCCn2cccn2)c1. The normalized spacial score (nSPS) is 11.1. The van der Waals surface area contributed by atoms with Crippen molar-refractivity contribution in [3.63, 3.8) is 0 Å². The number of nitriles is 1. The predicted molar refractivity (Wildman–Crippen MR) is 68.6 cm³/mol. The van der Waals surface area contributed by atoms with E-state index in [-0.39, 0.29) is 11.4 Å². The molecule has 0 saturated heterocycles. The molecular formula is C12H12N4O2S. The van der Waals surface area contributed by atoms with Crippen molar-refractivity contribution in [3.05, 3.63) is 48.3 Å². The van der Waals surface area contributed by atoms with Crippen LogP contribution in [0.3, 0.4) is 0 Å². The van der Waals surface area contributed by atoms with Crippen LogP contribution in [0.25, 0.3) is 0 Å². The number of hydrogen-bond donors (Lipinski definition) is 1. The van der Waals surface area contributed by atoms with Crippen LogP contribution in [0.15, 0.2) is 47.6 Å². The van der Waals surface area contributed by atoms with Gasteiger partial charge in [0, 0.05) is 18.9 Å².